The Morgan fingerprint density at radius 2 is 2.05 bits per heavy atom. The van der Waals surface area contributed by atoms with Gasteiger partial charge in [0, 0.05) is 12.5 Å². The molecule has 1 aliphatic carbocycles. The third-order valence-corrected chi connectivity index (χ3v) is 3.61. The predicted octanol–water partition coefficient (Wildman–Crippen LogP) is 2.89. The number of rotatable bonds is 5. The van der Waals surface area contributed by atoms with E-state index in [1.165, 1.54) is 0 Å². The molecule has 20 heavy (non-hydrogen) atoms. The van der Waals surface area contributed by atoms with Crippen molar-refractivity contribution in [2.24, 2.45) is 0 Å². The third-order valence-electron chi connectivity index (χ3n) is 3.61. The molecule has 4 nitrogen and oxygen atoms in total. The highest BCUT2D eigenvalue weighted by Gasteiger charge is 2.41. The van der Waals surface area contributed by atoms with Crippen molar-refractivity contribution in [2.45, 2.75) is 50.8 Å². The van der Waals surface area contributed by atoms with Crippen LogP contribution in [0.15, 0.2) is 24.3 Å². The molecular weight excluding hydrogens is 252 g/mol. The van der Waals surface area contributed by atoms with Gasteiger partial charge in [0.05, 0.1) is 13.2 Å². The summed E-state index contributed by atoms with van der Waals surface area (Å²) in [6.45, 7) is 4.13. The molecule has 1 aromatic rings. The SMILES string of the molecule is COc1ccccc1OC1CCC(C#N)(NC(C)C)C1. The molecule has 1 saturated carbocycles. The van der Waals surface area contributed by atoms with E-state index in [1.807, 2.05) is 24.3 Å². The van der Waals surface area contributed by atoms with E-state index in [9.17, 15) is 5.26 Å². The lowest BCUT2D eigenvalue weighted by Gasteiger charge is -2.25. The molecule has 0 amide bonds. The van der Waals surface area contributed by atoms with Crippen LogP contribution in [0, 0.1) is 11.3 Å². The van der Waals surface area contributed by atoms with Crippen LogP contribution < -0.4 is 14.8 Å². The summed E-state index contributed by atoms with van der Waals surface area (Å²) in [5.41, 5.74) is -0.457. The molecule has 0 spiro atoms. The van der Waals surface area contributed by atoms with Gasteiger partial charge in [0.2, 0.25) is 0 Å². The highest BCUT2D eigenvalue weighted by molar-refractivity contribution is 5.39. The first-order valence-corrected chi connectivity index (χ1v) is 7.07. The predicted molar refractivity (Wildman–Crippen MR) is 77.9 cm³/mol. The van der Waals surface area contributed by atoms with Crippen molar-refractivity contribution in [2.75, 3.05) is 7.11 Å². The van der Waals surface area contributed by atoms with Crippen LogP contribution in [-0.2, 0) is 0 Å². The molecule has 0 aromatic heterocycles. The monoisotopic (exact) mass is 274 g/mol. The van der Waals surface area contributed by atoms with Crippen LogP contribution in [0.3, 0.4) is 0 Å². The van der Waals surface area contributed by atoms with E-state index < -0.39 is 5.54 Å². The van der Waals surface area contributed by atoms with Gasteiger partial charge in [-0.05, 0) is 38.8 Å². The number of nitriles is 1. The van der Waals surface area contributed by atoms with Crippen LogP contribution in [-0.4, -0.2) is 24.8 Å². The maximum absolute atomic E-state index is 9.46. The minimum Gasteiger partial charge on any atom is -0.493 e. The number of benzene rings is 1. The zero-order chi connectivity index (χ0) is 14.6. The van der Waals surface area contributed by atoms with Crippen molar-refractivity contribution in [1.29, 1.82) is 5.26 Å². The zero-order valence-electron chi connectivity index (χ0n) is 12.3. The molecule has 1 aliphatic rings. The van der Waals surface area contributed by atoms with Gasteiger partial charge in [-0.25, -0.2) is 0 Å². The van der Waals surface area contributed by atoms with Gasteiger partial charge in [-0.2, -0.15) is 5.26 Å². The molecule has 2 atom stereocenters. The Kier molecular flexibility index (Phi) is 4.51. The van der Waals surface area contributed by atoms with Gasteiger partial charge >= 0.3 is 0 Å². The van der Waals surface area contributed by atoms with Crippen LogP contribution in [0.4, 0.5) is 0 Å². The molecule has 0 heterocycles. The second-order valence-corrected chi connectivity index (χ2v) is 5.63. The Morgan fingerprint density at radius 3 is 2.65 bits per heavy atom. The minimum absolute atomic E-state index is 0.0530. The Labute approximate surface area is 120 Å². The summed E-state index contributed by atoms with van der Waals surface area (Å²) < 4.78 is 11.3. The van der Waals surface area contributed by atoms with Gasteiger partial charge in [-0.15, -0.1) is 0 Å². The van der Waals surface area contributed by atoms with Crippen molar-refractivity contribution in [1.82, 2.24) is 5.32 Å². The molecule has 0 bridgehead atoms. The Hall–Kier alpha value is -1.73. The quantitative estimate of drug-likeness (QED) is 0.897. The average molecular weight is 274 g/mol. The second-order valence-electron chi connectivity index (χ2n) is 5.63. The Balaban J connectivity index is 2.04. The number of nitrogens with one attached hydrogen (secondary N) is 1. The average Bonchev–Trinajstić information content (AvgIpc) is 2.82. The van der Waals surface area contributed by atoms with Crippen LogP contribution >= 0.6 is 0 Å². The topological polar surface area (TPSA) is 54.3 Å². The third kappa shape index (κ3) is 3.23. The van der Waals surface area contributed by atoms with Crippen LogP contribution in [0.1, 0.15) is 33.1 Å². The zero-order valence-corrected chi connectivity index (χ0v) is 12.3. The fourth-order valence-corrected chi connectivity index (χ4v) is 2.81. The van der Waals surface area contributed by atoms with E-state index in [1.54, 1.807) is 7.11 Å². The van der Waals surface area contributed by atoms with E-state index in [2.05, 4.69) is 25.2 Å². The Morgan fingerprint density at radius 1 is 1.35 bits per heavy atom. The van der Waals surface area contributed by atoms with Gasteiger partial charge in [0.15, 0.2) is 11.5 Å². The Bertz CT molecular complexity index is 495. The summed E-state index contributed by atoms with van der Waals surface area (Å²) in [6, 6.07) is 10.4. The molecule has 0 aliphatic heterocycles. The molecule has 108 valence electrons. The van der Waals surface area contributed by atoms with Crippen LogP contribution in [0.2, 0.25) is 0 Å². The summed E-state index contributed by atoms with van der Waals surface area (Å²) in [5, 5.41) is 12.8. The molecule has 1 aromatic carbocycles. The van der Waals surface area contributed by atoms with Gasteiger partial charge in [0.1, 0.15) is 11.6 Å². The summed E-state index contributed by atoms with van der Waals surface area (Å²) >= 11 is 0. The van der Waals surface area contributed by atoms with Crippen molar-refractivity contribution in [3.05, 3.63) is 24.3 Å². The van der Waals surface area contributed by atoms with Crippen LogP contribution in [0.5, 0.6) is 11.5 Å². The summed E-state index contributed by atoms with van der Waals surface area (Å²) in [7, 11) is 1.64. The lowest BCUT2D eigenvalue weighted by molar-refractivity contribution is 0.191. The maximum atomic E-state index is 9.46. The van der Waals surface area contributed by atoms with Crippen molar-refractivity contribution in [3.63, 3.8) is 0 Å². The van der Waals surface area contributed by atoms with Crippen molar-refractivity contribution in [3.8, 4) is 17.6 Å². The minimum atomic E-state index is -0.457. The lowest BCUT2D eigenvalue weighted by atomic mass is 9.98. The highest BCUT2D eigenvalue weighted by atomic mass is 16.5. The standard InChI is InChI=1S/C16H22N2O2/c1-12(2)18-16(11-17)9-8-13(10-16)20-15-7-5-4-6-14(15)19-3/h4-7,12-13,18H,8-10H2,1-3H3. The van der Waals surface area contributed by atoms with E-state index >= 15 is 0 Å². The number of hydrogen-bond acceptors (Lipinski definition) is 4. The van der Waals surface area contributed by atoms with E-state index in [0.717, 1.165) is 24.3 Å². The number of hydrogen-bond donors (Lipinski definition) is 1. The molecule has 4 heteroatoms. The summed E-state index contributed by atoms with van der Waals surface area (Å²) in [5.74, 6) is 1.48. The van der Waals surface area contributed by atoms with E-state index in [4.69, 9.17) is 9.47 Å². The molecular formula is C16H22N2O2. The molecule has 2 rings (SSSR count). The lowest BCUT2D eigenvalue weighted by Crippen LogP contribution is -2.46. The fourth-order valence-electron chi connectivity index (χ4n) is 2.81. The second kappa shape index (κ2) is 6.15. The highest BCUT2D eigenvalue weighted by Crippen LogP contribution is 2.35. The number of ether oxygens (including phenoxy) is 2. The van der Waals surface area contributed by atoms with Crippen LogP contribution in [0.25, 0.3) is 0 Å². The van der Waals surface area contributed by atoms with E-state index in [-0.39, 0.29) is 6.10 Å². The van der Waals surface area contributed by atoms with Gasteiger partial charge < -0.3 is 9.47 Å². The van der Waals surface area contributed by atoms with Gasteiger partial charge in [-0.1, -0.05) is 12.1 Å². The van der Waals surface area contributed by atoms with Gasteiger partial charge in [-0.3, -0.25) is 5.32 Å². The summed E-state index contributed by atoms with van der Waals surface area (Å²) in [4.78, 5) is 0. The van der Waals surface area contributed by atoms with Crippen molar-refractivity contribution >= 4 is 0 Å². The largest absolute Gasteiger partial charge is 0.493 e. The normalized spacial score (nSPS) is 25.4. The first-order chi connectivity index (χ1) is 9.58. The molecule has 2 unspecified atom stereocenters. The summed E-state index contributed by atoms with van der Waals surface area (Å²) in [6.07, 6.45) is 2.46. The molecule has 0 saturated heterocycles. The number of nitrogens with zero attached hydrogens (tertiary/aromatic N) is 1. The maximum Gasteiger partial charge on any atom is 0.161 e. The van der Waals surface area contributed by atoms with Crippen molar-refractivity contribution < 1.29 is 9.47 Å². The first-order valence-electron chi connectivity index (χ1n) is 7.07. The van der Waals surface area contributed by atoms with Gasteiger partial charge in [0.25, 0.3) is 0 Å². The van der Waals surface area contributed by atoms with E-state index in [0.29, 0.717) is 12.5 Å². The number of para-hydroxylation sites is 2. The fraction of sp³-hybridized carbons (Fsp3) is 0.562. The molecule has 1 N–H and O–H groups in total. The first kappa shape index (κ1) is 14.7. The molecule has 0 radical (unpaired) electrons. The number of methoxy groups -OCH3 is 1. The molecule has 1 fully saturated rings. The smallest absolute Gasteiger partial charge is 0.161 e.